The number of carboxylic acid groups (broad SMARTS) is 1. The SMILES string of the molecule is C[C@@]12CC[C@H](CN(c3nc(OCC4(CO)CC4C(=O)O)nc4c(F)cc(F)cc34)C1)C2. The molecule has 4 atom stereocenters. The van der Waals surface area contributed by atoms with Crippen LogP contribution in [0.3, 0.4) is 0 Å². The summed E-state index contributed by atoms with van der Waals surface area (Å²) in [5, 5.41) is 19.2. The van der Waals surface area contributed by atoms with Gasteiger partial charge in [0.25, 0.3) is 0 Å². The quantitative estimate of drug-likeness (QED) is 0.723. The van der Waals surface area contributed by atoms with Crippen molar-refractivity contribution in [3.05, 3.63) is 23.8 Å². The molecule has 2 aliphatic carbocycles. The zero-order chi connectivity index (χ0) is 22.0. The summed E-state index contributed by atoms with van der Waals surface area (Å²) >= 11 is 0. The van der Waals surface area contributed by atoms with Crippen LogP contribution in [0.2, 0.25) is 0 Å². The van der Waals surface area contributed by atoms with Crippen molar-refractivity contribution in [2.45, 2.75) is 32.6 Å². The van der Waals surface area contributed by atoms with Gasteiger partial charge in [-0.2, -0.15) is 9.97 Å². The number of piperidine rings is 1. The lowest BCUT2D eigenvalue weighted by molar-refractivity contribution is -0.140. The molecule has 3 aliphatic rings. The van der Waals surface area contributed by atoms with Crippen molar-refractivity contribution < 1.29 is 28.5 Å². The topological polar surface area (TPSA) is 95.8 Å². The number of anilines is 1. The third-order valence-electron chi connectivity index (χ3n) is 7.26. The van der Waals surface area contributed by atoms with E-state index in [-0.39, 0.29) is 30.2 Å². The molecule has 1 aromatic carbocycles. The van der Waals surface area contributed by atoms with E-state index in [4.69, 9.17) is 4.74 Å². The highest BCUT2D eigenvalue weighted by Gasteiger charge is 2.59. The van der Waals surface area contributed by atoms with Gasteiger partial charge in [0.05, 0.1) is 12.5 Å². The minimum atomic E-state index is -0.990. The second-order valence-electron chi connectivity index (χ2n) is 9.82. The van der Waals surface area contributed by atoms with Gasteiger partial charge in [0.15, 0.2) is 5.82 Å². The maximum Gasteiger partial charge on any atom is 0.319 e. The lowest BCUT2D eigenvalue weighted by Gasteiger charge is -2.39. The van der Waals surface area contributed by atoms with E-state index in [1.54, 1.807) is 0 Å². The number of carbonyl (C=O) groups is 1. The van der Waals surface area contributed by atoms with Gasteiger partial charge in [-0.05, 0) is 43.1 Å². The Morgan fingerprint density at radius 3 is 2.81 bits per heavy atom. The second-order valence-corrected chi connectivity index (χ2v) is 9.82. The molecule has 0 amide bonds. The predicted molar refractivity (Wildman–Crippen MR) is 108 cm³/mol. The number of aliphatic carboxylic acids is 1. The summed E-state index contributed by atoms with van der Waals surface area (Å²) in [6.45, 7) is 3.28. The van der Waals surface area contributed by atoms with Crippen LogP contribution in [0, 0.1) is 34.3 Å². The van der Waals surface area contributed by atoms with E-state index in [2.05, 4.69) is 21.8 Å². The van der Waals surface area contributed by atoms with Gasteiger partial charge in [-0.25, -0.2) is 8.78 Å². The monoisotopic (exact) mass is 433 g/mol. The van der Waals surface area contributed by atoms with Crippen LogP contribution in [0.15, 0.2) is 12.1 Å². The lowest BCUT2D eigenvalue weighted by atomic mass is 9.84. The van der Waals surface area contributed by atoms with Gasteiger partial charge in [-0.3, -0.25) is 4.79 Å². The van der Waals surface area contributed by atoms with E-state index in [9.17, 15) is 23.8 Å². The number of carboxylic acids is 1. The van der Waals surface area contributed by atoms with Crippen LogP contribution in [-0.2, 0) is 4.79 Å². The number of aliphatic hydroxyl groups excluding tert-OH is 1. The lowest BCUT2D eigenvalue weighted by Crippen LogP contribution is -2.42. The molecule has 3 fully saturated rings. The van der Waals surface area contributed by atoms with Crippen molar-refractivity contribution in [3.8, 4) is 6.01 Å². The number of aromatic nitrogens is 2. The van der Waals surface area contributed by atoms with E-state index in [1.165, 1.54) is 6.07 Å². The highest BCUT2D eigenvalue weighted by Crippen LogP contribution is 2.52. The van der Waals surface area contributed by atoms with Crippen LogP contribution in [0.25, 0.3) is 10.9 Å². The van der Waals surface area contributed by atoms with Crippen LogP contribution < -0.4 is 9.64 Å². The molecule has 2 N–H and O–H groups in total. The van der Waals surface area contributed by atoms with Crippen LogP contribution in [-0.4, -0.2) is 52.5 Å². The molecule has 2 heterocycles. The summed E-state index contributed by atoms with van der Waals surface area (Å²) < 4.78 is 34.3. The zero-order valence-corrected chi connectivity index (χ0v) is 17.3. The molecule has 7 nitrogen and oxygen atoms in total. The van der Waals surface area contributed by atoms with Crippen molar-refractivity contribution in [2.24, 2.45) is 22.7 Å². The number of rotatable bonds is 6. The molecule has 1 saturated heterocycles. The fourth-order valence-corrected chi connectivity index (χ4v) is 5.46. The molecular formula is C22H25F2N3O4. The van der Waals surface area contributed by atoms with Gasteiger partial charge < -0.3 is 19.8 Å². The third kappa shape index (κ3) is 3.48. The maximum atomic E-state index is 14.6. The molecule has 166 valence electrons. The van der Waals surface area contributed by atoms with Crippen LogP contribution in [0.5, 0.6) is 6.01 Å². The number of hydrogen-bond acceptors (Lipinski definition) is 6. The van der Waals surface area contributed by atoms with Crippen molar-refractivity contribution in [1.29, 1.82) is 0 Å². The van der Waals surface area contributed by atoms with Crippen LogP contribution in [0.4, 0.5) is 14.6 Å². The number of aliphatic hydroxyl groups is 1. The van der Waals surface area contributed by atoms with E-state index in [1.807, 2.05) is 0 Å². The Balaban J connectivity index is 1.51. The number of nitrogens with zero attached hydrogens (tertiary/aromatic N) is 3. The molecule has 5 rings (SSSR count). The Morgan fingerprint density at radius 1 is 1.32 bits per heavy atom. The predicted octanol–water partition coefficient (Wildman–Crippen LogP) is 3.00. The van der Waals surface area contributed by atoms with Gasteiger partial charge in [-0.1, -0.05) is 6.92 Å². The first-order valence-electron chi connectivity index (χ1n) is 10.6. The third-order valence-corrected chi connectivity index (χ3v) is 7.26. The Labute approximate surface area is 178 Å². The fourth-order valence-electron chi connectivity index (χ4n) is 5.46. The van der Waals surface area contributed by atoms with E-state index < -0.39 is 28.9 Å². The van der Waals surface area contributed by atoms with E-state index in [0.29, 0.717) is 23.5 Å². The van der Waals surface area contributed by atoms with E-state index in [0.717, 1.165) is 38.4 Å². The molecule has 0 radical (unpaired) electrons. The summed E-state index contributed by atoms with van der Waals surface area (Å²) in [7, 11) is 0. The molecule has 2 unspecified atom stereocenters. The molecule has 9 heteroatoms. The molecule has 2 aromatic rings. The normalized spacial score (nSPS) is 31.8. The molecule has 1 aromatic heterocycles. The number of benzene rings is 1. The summed E-state index contributed by atoms with van der Waals surface area (Å²) in [6, 6.07) is 1.92. The molecule has 1 aliphatic heterocycles. The van der Waals surface area contributed by atoms with Crippen LogP contribution >= 0.6 is 0 Å². The number of hydrogen-bond donors (Lipinski definition) is 2. The van der Waals surface area contributed by atoms with Gasteiger partial charge in [-0.15, -0.1) is 0 Å². The second kappa shape index (κ2) is 6.98. The molecule has 31 heavy (non-hydrogen) atoms. The zero-order valence-electron chi connectivity index (χ0n) is 17.3. The summed E-state index contributed by atoms with van der Waals surface area (Å²) in [5.74, 6) is -2.25. The van der Waals surface area contributed by atoms with Crippen molar-refractivity contribution >= 4 is 22.7 Å². The Hall–Kier alpha value is -2.55. The molecular weight excluding hydrogens is 408 g/mol. The first-order chi connectivity index (χ1) is 14.7. The minimum absolute atomic E-state index is 0.0342. The highest BCUT2D eigenvalue weighted by atomic mass is 19.1. The van der Waals surface area contributed by atoms with Gasteiger partial charge in [0, 0.05) is 30.0 Å². The number of ether oxygens (including phenoxy) is 1. The Kier molecular flexibility index (Phi) is 4.58. The maximum absolute atomic E-state index is 14.6. The Morgan fingerprint density at radius 2 is 2.13 bits per heavy atom. The summed E-state index contributed by atoms with van der Waals surface area (Å²) in [5.41, 5.74) is -0.784. The molecule has 0 spiro atoms. The standard InChI is InChI=1S/C22H25F2N3O4/c1-21-3-2-12(6-21)8-27(9-21)18-14-4-13(23)5-16(24)17(14)25-20(26-18)31-11-22(10-28)7-15(22)19(29)30/h4-5,12,15,28H,2-3,6-11H2,1H3,(H,29,30)/t12-,15?,21-,22?/m0/s1. The highest BCUT2D eigenvalue weighted by molar-refractivity contribution is 5.90. The van der Waals surface area contributed by atoms with Crippen LogP contribution in [0.1, 0.15) is 32.6 Å². The average Bonchev–Trinajstić information content (AvgIpc) is 3.39. The molecule has 2 bridgehead atoms. The average molecular weight is 433 g/mol. The van der Waals surface area contributed by atoms with Crippen molar-refractivity contribution in [2.75, 3.05) is 31.2 Å². The fraction of sp³-hybridized carbons (Fsp3) is 0.591. The van der Waals surface area contributed by atoms with Gasteiger partial charge in [0.1, 0.15) is 23.8 Å². The first kappa shape index (κ1) is 20.4. The summed E-state index contributed by atoms with van der Waals surface area (Å²) in [6.07, 6.45) is 3.66. The molecule has 2 saturated carbocycles. The smallest absolute Gasteiger partial charge is 0.319 e. The van der Waals surface area contributed by atoms with E-state index >= 15 is 0 Å². The Bertz CT molecular complexity index is 1070. The van der Waals surface area contributed by atoms with Gasteiger partial charge >= 0.3 is 12.0 Å². The number of fused-ring (bicyclic) bond motifs is 3. The minimum Gasteiger partial charge on any atom is -0.481 e. The van der Waals surface area contributed by atoms with Crippen molar-refractivity contribution in [1.82, 2.24) is 9.97 Å². The van der Waals surface area contributed by atoms with Crippen molar-refractivity contribution in [3.63, 3.8) is 0 Å². The number of halogens is 2. The van der Waals surface area contributed by atoms with Gasteiger partial charge in [0.2, 0.25) is 0 Å². The first-order valence-corrected chi connectivity index (χ1v) is 10.6. The summed E-state index contributed by atoms with van der Waals surface area (Å²) in [4.78, 5) is 22.0. The largest absolute Gasteiger partial charge is 0.481 e.